The molecule has 0 aliphatic rings. The van der Waals surface area contributed by atoms with Crippen LogP contribution in [0.4, 0.5) is 0 Å². The molecule has 0 heterocycles. The molecule has 2 nitrogen and oxygen atoms in total. The molecule has 0 aromatic carbocycles. The monoisotopic (exact) mass is 94.0 g/mol. The minimum absolute atomic E-state index is 0.667. The number of halogens is 1. The predicted octanol–water partition coefficient (Wildman–Crippen LogP) is 1.14. The Labute approximate surface area is 34.3 Å². The van der Waals surface area contributed by atoms with Crippen molar-refractivity contribution in [3.8, 4) is 0 Å². The first-order valence-electron chi connectivity index (χ1n) is 0.954. The Balaban J connectivity index is 3.14. The van der Waals surface area contributed by atoms with Gasteiger partial charge in [-0.1, -0.05) is 11.6 Å². The molecular weight excluding hydrogens is 91.5 g/mol. The van der Waals surface area contributed by atoms with Crippen molar-refractivity contribution in [2.24, 2.45) is 0 Å². The zero-order valence-corrected chi connectivity index (χ0v) is 3.11. The molecule has 0 aliphatic heterocycles. The quantitative estimate of drug-likeness (QED) is 0.442. The number of hydrogen-bond donors (Lipinski definition) is 2. The lowest BCUT2D eigenvalue weighted by atomic mass is 11.1. The highest BCUT2D eigenvalue weighted by Crippen LogP contribution is 1.80. The molecule has 30 valence electrons. The van der Waals surface area contributed by atoms with Crippen molar-refractivity contribution in [2.45, 2.75) is 0 Å². The van der Waals surface area contributed by atoms with Gasteiger partial charge < -0.3 is 10.2 Å². The van der Waals surface area contributed by atoms with Crippen LogP contribution in [0.2, 0.25) is 0 Å². The molecule has 0 fully saturated rings. The summed E-state index contributed by atoms with van der Waals surface area (Å²) in [6, 6.07) is 0. The lowest BCUT2D eigenvalue weighted by Crippen LogP contribution is -1.66. The Morgan fingerprint density at radius 1 is 1.60 bits per heavy atom. The second-order valence-electron chi connectivity index (χ2n) is 0.467. The van der Waals surface area contributed by atoms with Crippen LogP contribution in [0.15, 0.2) is 11.5 Å². The number of hydrogen-bond acceptors (Lipinski definition) is 2. The van der Waals surface area contributed by atoms with Crippen molar-refractivity contribution in [2.75, 3.05) is 0 Å². The minimum atomic E-state index is -0.855. The molecule has 0 aromatic heterocycles. The van der Waals surface area contributed by atoms with Crippen LogP contribution in [0.5, 0.6) is 0 Å². The van der Waals surface area contributed by atoms with Gasteiger partial charge in [-0.15, -0.1) is 0 Å². The lowest BCUT2D eigenvalue weighted by molar-refractivity contribution is 0.192. The molecule has 0 rings (SSSR count). The van der Waals surface area contributed by atoms with E-state index in [1.165, 1.54) is 0 Å². The van der Waals surface area contributed by atoms with Crippen molar-refractivity contribution in [1.29, 1.82) is 0 Å². The number of rotatable bonds is 0. The maximum atomic E-state index is 7.65. The third kappa shape index (κ3) is 3.63. The number of aliphatic hydroxyl groups is 2. The summed E-state index contributed by atoms with van der Waals surface area (Å²) in [6.07, 6.45) is 0. The highest BCUT2D eigenvalue weighted by molar-refractivity contribution is 6.25. The Kier molecular flexibility index (Phi) is 1.76. The van der Waals surface area contributed by atoms with E-state index in [1.54, 1.807) is 0 Å². The van der Waals surface area contributed by atoms with Crippen LogP contribution >= 0.6 is 11.6 Å². The van der Waals surface area contributed by atoms with Crippen molar-refractivity contribution >= 4 is 11.6 Å². The van der Waals surface area contributed by atoms with Gasteiger partial charge in [0.05, 0.1) is 5.54 Å². The Morgan fingerprint density at radius 2 is 1.80 bits per heavy atom. The van der Waals surface area contributed by atoms with Gasteiger partial charge in [-0.25, -0.2) is 0 Å². The van der Waals surface area contributed by atoms with Gasteiger partial charge in [0.1, 0.15) is 0 Å². The first-order valence-corrected chi connectivity index (χ1v) is 1.39. The van der Waals surface area contributed by atoms with Crippen LogP contribution in [0.3, 0.4) is 0 Å². The summed E-state index contributed by atoms with van der Waals surface area (Å²) < 4.78 is 0. The summed E-state index contributed by atoms with van der Waals surface area (Å²) >= 11 is 4.67. The second kappa shape index (κ2) is 1.91. The van der Waals surface area contributed by atoms with Gasteiger partial charge in [0, 0.05) is 0 Å². The van der Waals surface area contributed by atoms with E-state index in [2.05, 4.69) is 11.6 Å². The highest BCUT2D eigenvalue weighted by atomic mass is 35.5. The smallest absolute Gasteiger partial charge is 0.285 e. The SMILES string of the molecule is OC(O)=CCl. The summed E-state index contributed by atoms with van der Waals surface area (Å²) in [6.45, 7) is 0. The van der Waals surface area contributed by atoms with Gasteiger partial charge in [-0.2, -0.15) is 0 Å². The molecule has 0 spiro atoms. The molecule has 0 amide bonds. The van der Waals surface area contributed by atoms with Gasteiger partial charge >= 0.3 is 0 Å². The van der Waals surface area contributed by atoms with Crippen LogP contribution in [-0.4, -0.2) is 10.2 Å². The van der Waals surface area contributed by atoms with Gasteiger partial charge in [0.25, 0.3) is 5.95 Å². The van der Waals surface area contributed by atoms with Gasteiger partial charge in [-0.3, -0.25) is 0 Å². The Hall–Kier alpha value is -0.370. The third-order valence-electron chi connectivity index (χ3n) is 0.0976. The summed E-state index contributed by atoms with van der Waals surface area (Å²) in [5.41, 5.74) is 0.667. The maximum Gasteiger partial charge on any atom is 0.285 e. The molecule has 0 saturated heterocycles. The van der Waals surface area contributed by atoms with Crippen LogP contribution in [0.1, 0.15) is 0 Å². The summed E-state index contributed by atoms with van der Waals surface area (Å²) in [5, 5.41) is 15.3. The molecule has 5 heavy (non-hydrogen) atoms. The average molecular weight is 94.5 g/mol. The lowest BCUT2D eigenvalue weighted by Gasteiger charge is -1.73. The van der Waals surface area contributed by atoms with Crippen LogP contribution in [0, 0.1) is 0 Å². The maximum absolute atomic E-state index is 7.65. The first-order chi connectivity index (χ1) is 2.27. The van der Waals surface area contributed by atoms with Gasteiger partial charge in [-0.05, 0) is 0 Å². The molecule has 0 radical (unpaired) electrons. The van der Waals surface area contributed by atoms with Crippen molar-refractivity contribution in [3.05, 3.63) is 11.5 Å². The summed E-state index contributed by atoms with van der Waals surface area (Å²) in [7, 11) is 0. The molecule has 0 unspecified atom stereocenters. The summed E-state index contributed by atoms with van der Waals surface area (Å²) in [5.74, 6) is -0.855. The summed E-state index contributed by atoms with van der Waals surface area (Å²) in [4.78, 5) is 0. The largest absolute Gasteiger partial charge is 0.480 e. The van der Waals surface area contributed by atoms with Gasteiger partial charge in [0.2, 0.25) is 0 Å². The fourth-order valence-electron chi connectivity index (χ4n) is 0. The van der Waals surface area contributed by atoms with E-state index >= 15 is 0 Å². The highest BCUT2D eigenvalue weighted by Gasteiger charge is 1.69. The topological polar surface area (TPSA) is 40.5 Å². The number of aliphatic hydroxyl groups excluding tert-OH is 1. The van der Waals surface area contributed by atoms with Crippen LogP contribution in [-0.2, 0) is 0 Å². The molecule has 0 saturated carbocycles. The van der Waals surface area contributed by atoms with E-state index in [0.29, 0.717) is 5.54 Å². The zero-order valence-electron chi connectivity index (χ0n) is 2.35. The standard InChI is InChI=1S/C2H3ClO2/c3-1-2(4)5/h1,4-5H. The molecule has 0 aromatic rings. The molecular formula is C2H3ClO2. The average Bonchev–Trinajstić information content (AvgIpc) is 1.38. The Morgan fingerprint density at radius 3 is 1.80 bits per heavy atom. The molecule has 0 aliphatic carbocycles. The van der Waals surface area contributed by atoms with E-state index in [4.69, 9.17) is 10.2 Å². The van der Waals surface area contributed by atoms with E-state index < -0.39 is 5.95 Å². The first kappa shape index (κ1) is 4.63. The molecule has 3 heteroatoms. The van der Waals surface area contributed by atoms with Crippen molar-refractivity contribution in [3.63, 3.8) is 0 Å². The van der Waals surface area contributed by atoms with Crippen LogP contribution < -0.4 is 0 Å². The van der Waals surface area contributed by atoms with Crippen LogP contribution in [0.25, 0.3) is 0 Å². The van der Waals surface area contributed by atoms with Gasteiger partial charge in [0.15, 0.2) is 0 Å². The minimum Gasteiger partial charge on any atom is -0.480 e. The second-order valence-corrected chi connectivity index (χ2v) is 0.686. The fourth-order valence-corrected chi connectivity index (χ4v) is 0. The molecule has 0 atom stereocenters. The molecule has 0 bridgehead atoms. The third-order valence-corrected chi connectivity index (χ3v) is 0.293. The van der Waals surface area contributed by atoms with E-state index in [0.717, 1.165) is 0 Å². The zero-order chi connectivity index (χ0) is 4.28. The van der Waals surface area contributed by atoms with E-state index in [1.807, 2.05) is 0 Å². The normalized spacial score (nSPS) is 6.60. The van der Waals surface area contributed by atoms with E-state index in [9.17, 15) is 0 Å². The van der Waals surface area contributed by atoms with Crippen molar-refractivity contribution < 1.29 is 10.2 Å². The Bertz CT molecular complexity index is 45.6. The van der Waals surface area contributed by atoms with Crippen molar-refractivity contribution in [1.82, 2.24) is 0 Å². The van der Waals surface area contributed by atoms with E-state index in [-0.39, 0.29) is 0 Å². The fraction of sp³-hybridized carbons (Fsp3) is 0. The predicted molar refractivity (Wildman–Crippen MR) is 19.2 cm³/mol. The molecule has 2 N–H and O–H groups in total.